The van der Waals surface area contributed by atoms with Gasteiger partial charge in [-0.15, -0.1) is 0 Å². The minimum Gasteiger partial charge on any atom is -0.478 e. The third-order valence-corrected chi connectivity index (χ3v) is 3.70. The molecule has 0 aliphatic rings. The molecule has 0 saturated carbocycles. The molecular weight excluding hydrogens is 404 g/mol. The van der Waals surface area contributed by atoms with Crippen molar-refractivity contribution in [3.05, 3.63) is 58.7 Å². The van der Waals surface area contributed by atoms with Gasteiger partial charge in [-0.25, -0.2) is 19.2 Å². The molecule has 0 aliphatic heterocycles. The fraction of sp³-hybridized carbons (Fsp3) is 0. The predicted molar refractivity (Wildman–Crippen MR) is 98.0 cm³/mol. The number of rotatable bonds is 6. The minimum atomic E-state index is -1.56. The van der Waals surface area contributed by atoms with Crippen molar-refractivity contribution in [2.75, 3.05) is 10.6 Å². The molecule has 30 heavy (non-hydrogen) atoms. The van der Waals surface area contributed by atoms with Crippen LogP contribution in [-0.4, -0.2) is 56.1 Å². The summed E-state index contributed by atoms with van der Waals surface area (Å²) in [5.74, 6) is -8.69. The summed E-state index contributed by atoms with van der Waals surface area (Å²) in [5.41, 5.74) is -2.64. The quantitative estimate of drug-likeness (QED) is 0.369. The van der Waals surface area contributed by atoms with E-state index >= 15 is 0 Å². The van der Waals surface area contributed by atoms with Crippen LogP contribution in [0.5, 0.6) is 0 Å². The van der Waals surface area contributed by atoms with Gasteiger partial charge in [0.15, 0.2) is 0 Å². The Balaban J connectivity index is 2.27. The topological polar surface area (TPSA) is 207 Å². The number of carbonyl (C=O) groups excluding carboxylic acids is 2. The molecule has 0 atom stereocenters. The van der Waals surface area contributed by atoms with Crippen LogP contribution < -0.4 is 10.6 Å². The summed E-state index contributed by atoms with van der Waals surface area (Å²) >= 11 is 0. The van der Waals surface area contributed by atoms with Gasteiger partial charge < -0.3 is 31.1 Å². The van der Waals surface area contributed by atoms with Gasteiger partial charge in [-0.2, -0.15) is 0 Å². The molecule has 0 saturated heterocycles. The van der Waals surface area contributed by atoms with Crippen LogP contribution in [-0.2, 0) is 9.59 Å². The molecule has 0 heterocycles. The summed E-state index contributed by atoms with van der Waals surface area (Å²) < 4.78 is 0. The smallest absolute Gasteiger partial charge is 0.337 e. The lowest BCUT2D eigenvalue weighted by Gasteiger charge is -2.11. The van der Waals surface area contributed by atoms with Gasteiger partial charge in [0.1, 0.15) is 0 Å². The molecule has 2 amide bonds. The van der Waals surface area contributed by atoms with Crippen LogP contribution in [0.2, 0.25) is 0 Å². The van der Waals surface area contributed by atoms with E-state index in [1.165, 1.54) is 0 Å². The molecule has 0 aromatic heterocycles. The molecule has 2 aromatic rings. The molecule has 12 nitrogen and oxygen atoms in total. The van der Waals surface area contributed by atoms with Gasteiger partial charge in [-0.3, -0.25) is 9.59 Å². The Labute approximate surface area is 166 Å². The molecule has 0 fully saturated rings. The van der Waals surface area contributed by atoms with Crippen LogP contribution in [0.1, 0.15) is 41.4 Å². The van der Waals surface area contributed by atoms with E-state index in [-0.39, 0.29) is 22.5 Å². The Morgan fingerprint density at radius 2 is 0.867 bits per heavy atom. The second kappa shape index (κ2) is 8.52. The van der Waals surface area contributed by atoms with E-state index < -0.39 is 46.8 Å². The standard InChI is InChI=1S/C18H12N2O10/c21-13(19-11-3-1-7(15(23)24)5-9(11)17(27)28)14(22)20-12-4-2-8(16(25)26)6-10(12)18(29)30/h1-6H,(H,19,21)(H,20,22)(H,23,24)(H,25,26)(H,27,28)(H,29,30). The van der Waals surface area contributed by atoms with Crippen molar-refractivity contribution in [2.24, 2.45) is 0 Å². The van der Waals surface area contributed by atoms with Gasteiger partial charge in [0.05, 0.1) is 33.6 Å². The zero-order chi connectivity index (χ0) is 22.6. The molecule has 0 bridgehead atoms. The predicted octanol–water partition coefficient (Wildman–Crippen LogP) is 1.06. The van der Waals surface area contributed by atoms with Gasteiger partial charge in [-0.1, -0.05) is 0 Å². The summed E-state index contributed by atoms with van der Waals surface area (Å²) in [7, 11) is 0. The first-order valence-electron chi connectivity index (χ1n) is 7.85. The lowest BCUT2D eigenvalue weighted by Crippen LogP contribution is -2.30. The van der Waals surface area contributed by atoms with Crippen molar-refractivity contribution in [1.29, 1.82) is 0 Å². The summed E-state index contributed by atoms with van der Waals surface area (Å²) in [6, 6.07) is 5.53. The highest BCUT2D eigenvalue weighted by molar-refractivity contribution is 6.44. The zero-order valence-electron chi connectivity index (χ0n) is 14.7. The Bertz CT molecular complexity index is 1020. The average molecular weight is 416 g/mol. The molecule has 12 heteroatoms. The van der Waals surface area contributed by atoms with Gasteiger partial charge in [-0.05, 0) is 36.4 Å². The maximum atomic E-state index is 12.1. The van der Waals surface area contributed by atoms with Crippen molar-refractivity contribution >= 4 is 47.1 Å². The number of hydrogen-bond acceptors (Lipinski definition) is 6. The fourth-order valence-corrected chi connectivity index (χ4v) is 2.28. The Morgan fingerprint density at radius 3 is 1.13 bits per heavy atom. The molecule has 0 aliphatic carbocycles. The molecule has 0 unspecified atom stereocenters. The van der Waals surface area contributed by atoms with E-state index in [1.807, 2.05) is 10.6 Å². The highest BCUT2D eigenvalue weighted by Crippen LogP contribution is 2.20. The van der Waals surface area contributed by atoms with E-state index in [0.717, 1.165) is 36.4 Å². The van der Waals surface area contributed by atoms with Crippen molar-refractivity contribution in [1.82, 2.24) is 0 Å². The number of hydrogen-bond donors (Lipinski definition) is 6. The number of amides is 2. The van der Waals surface area contributed by atoms with E-state index in [0.29, 0.717) is 0 Å². The average Bonchev–Trinajstić information content (AvgIpc) is 2.67. The Morgan fingerprint density at radius 1 is 0.533 bits per heavy atom. The maximum absolute atomic E-state index is 12.1. The summed E-state index contributed by atoms with van der Waals surface area (Å²) in [5, 5.41) is 40.1. The first-order valence-corrected chi connectivity index (χ1v) is 7.85. The molecule has 6 N–H and O–H groups in total. The van der Waals surface area contributed by atoms with E-state index in [2.05, 4.69) is 0 Å². The first kappa shape index (κ1) is 21.6. The first-order chi connectivity index (χ1) is 14.0. The van der Waals surface area contributed by atoms with Gasteiger partial charge in [0.25, 0.3) is 0 Å². The van der Waals surface area contributed by atoms with Crippen molar-refractivity contribution < 1.29 is 49.2 Å². The Hall–Kier alpha value is -4.74. The lowest BCUT2D eigenvalue weighted by molar-refractivity contribution is -0.133. The summed E-state index contributed by atoms with van der Waals surface area (Å²) in [4.78, 5) is 68.6. The molecular formula is C18H12N2O10. The Kier molecular flexibility index (Phi) is 6.12. The number of aromatic carboxylic acids is 4. The summed E-state index contributed by atoms with van der Waals surface area (Å²) in [6.07, 6.45) is 0. The summed E-state index contributed by atoms with van der Waals surface area (Å²) in [6.45, 7) is 0. The van der Waals surface area contributed by atoms with Crippen LogP contribution >= 0.6 is 0 Å². The van der Waals surface area contributed by atoms with Crippen LogP contribution in [0.3, 0.4) is 0 Å². The highest BCUT2D eigenvalue weighted by Gasteiger charge is 2.22. The van der Waals surface area contributed by atoms with Crippen LogP contribution in [0, 0.1) is 0 Å². The van der Waals surface area contributed by atoms with E-state index in [9.17, 15) is 28.8 Å². The normalized spacial score (nSPS) is 10.0. The number of carboxylic acids is 4. The highest BCUT2D eigenvalue weighted by atomic mass is 16.4. The van der Waals surface area contributed by atoms with Crippen molar-refractivity contribution in [3.8, 4) is 0 Å². The maximum Gasteiger partial charge on any atom is 0.337 e. The molecule has 2 aromatic carbocycles. The van der Waals surface area contributed by atoms with Crippen LogP contribution in [0.4, 0.5) is 11.4 Å². The second-order valence-corrected chi connectivity index (χ2v) is 5.65. The SMILES string of the molecule is O=C(Nc1ccc(C(=O)O)cc1C(=O)O)C(=O)Nc1ccc(C(=O)O)cc1C(=O)O. The second-order valence-electron chi connectivity index (χ2n) is 5.65. The van der Waals surface area contributed by atoms with Gasteiger partial charge >= 0.3 is 35.7 Å². The van der Waals surface area contributed by atoms with Crippen LogP contribution in [0.15, 0.2) is 36.4 Å². The number of carboxylic acid groups (broad SMARTS) is 4. The van der Waals surface area contributed by atoms with Gasteiger partial charge in [0, 0.05) is 0 Å². The van der Waals surface area contributed by atoms with Crippen molar-refractivity contribution in [2.45, 2.75) is 0 Å². The largest absolute Gasteiger partial charge is 0.478 e. The molecule has 0 spiro atoms. The monoisotopic (exact) mass is 416 g/mol. The third-order valence-electron chi connectivity index (χ3n) is 3.70. The number of anilines is 2. The zero-order valence-corrected chi connectivity index (χ0v) is 14.7. The number of nitrogens with one attached hydrogen (secondary N) is 2. The number of carbonyl (C=O) groups is 6. The third kappa shape index (κ3) is 4.75. The number of benzene rings is 2. The lowest BCUT2D eigenvalue weighted by atomic mass is 10.1. The minimum absolute atomic E-state index is 0.362. The van der Waals surface area contributed by atoms with Gasteiger partial charge in [0.2, 0.25) is 0 Å². The molecule has 2 rings (SSSR count). The van der Waals surface area contributed by atoms with Crippen molar-refractivity contribution in [3.63, 3.8) is 0 Å². The molecule has 154 valence electrons. The van der Waals surface area contributed by atoms with E-state index in [4.69, 9.17) is 20.4 Å². The fourth-order valence-electron chi connectivity index (χ4n) is 2.28. The van der Waals surface area contributed by atoms with Crippen LogP contribution in [0.25, 0.3) is 0 Å². The van der Waals surface area contributed by atoms with E-state index in [1.54, 1.807) is 0 Å². The molecule has 0 radical (unpaired) electrons.